The van der Waals surface area contributed by atoms with Crippen LogP contribution in [-0.4, -0.2) is 26.8 Å². The number of hydrogen-bond acceptors (Lipinski definition) is 2. The number of methoxy groups -OCH3 is 1. The van der Waals surface area contributed by atoms with Crippen molar-refractivity contribution in [1.29, 1.82) is 0 Å². The molecule has 0 aliphatic heterocycles. The molecule has 0 aromatic heterocycles. The fraction of sp³-hybridized carbons (Fsp3) is 1.00. The molecule has 0 aromatic carbocycles. The van der Waals surface area contributed by atoms with Crippen LogP contribution in [0, 0.1) is 5.41 Å². The summed E-state index contributed by atoms with van der Waals surface area (Å²) < 4.78 is 5.08. The van der Waals surface area contributed by atoms with Gasteiger partial charge >= 0.3 is 0 Å². The maximum absolute atomic E-state index is 5.08. The Kier molecular flexibility index (Phi) is 7.06. The second kappa shape index (κ2) is 8.08. The zero-order valence-corrected chi connectivity index (χ0v) is 11.2. The van der Waals surface area contributed by atoms with Gasteiger partial charge in [0, 0.05) is 20.2 Å². The summed E-state index contributed by atoms with van der Waals surface area (Å²) >= 11 is 0. The number of nitrogens with one attached hydrogen (secondary N) is 1. The maximum Gasteiger partial charge on any atom is 0.0587 e. The molecule has 16 heavy (non-hydrogen) atoms. The summed E-state index contributed by atoms with van der Waals surface area (Å²) in [6.45, 7) is 5.34. The van der Waals surface area contributed by atoms with Crippen molar-refractivity contribution in [3.63, 3.8) is 0 Å². The predicted molar refractivity (Wildman–Crippen MR) is 69.8 cm³/mol. The van der Waals surface area contributed by atoms with Crippen molar-refractivity contribution in [2.75, 3.05) is 26.8 Å². The van der Waals surface area contributed by atoms with E-state index in [-0.39, 0.29) is 0 Å². The van der Waals surface area contributed by atoms with Gasteiger partial charge in [-0.1, -0.05) is 39.0 Å². The summed E-state index contributed by atoms with van der Waals surface area (Å²) in [4.78, 5) is 0. The molecule has 1 aliphatic carbocycles. The molecular weight excluding hydrogens is 198 g/mol. The second-order valence-electron chi connectivity index (χ2n) is 5.33. The van der Waals surface area contributed by atoms with Gasteiger partial charge in [0.1, 0.15) is 0 Å². The molecule has 2 heteroatoms. The van der Waals surface area contributed by atoms with Crippen LogP contribution in [0.15, 0.2) is 0 Å². The standard InChI is InChI=1S/C14H29NO/c1-3-4-5-8-14(9-6-7-10-14)13-15-11-12-16-2/h15H,3-13H2,1-2H3. The average Bonchev–Trinajstić information content (AvgIpc) is 2.74. The highest BCUT2D eigenvalue weighted by Crippen LogP contribution is 2.41. The Hall–Kier alpha value is -0.0800. The van der Waals surface area contributed by atoms with Crippen molar-refractivity contribution < 1.29 is 4.74 Å². The monoisotopic (exact) mass is 227 g/mol. The number of ether oxygens (including phenoxy) is 1. The Bertz CT molecular complexity index is 164. The van der Waals surface area contributed by atoms with Gasteiger partial charge in [0.15, 0.2) is 0 Å². The molecule has 0 saturated heterocycles. The largest absolute Gasteiger partial charge is 0.383 e. The molecule has 0 amide bonds. The van der Waals surface area contributed by atoms with E-state index < -0.39 is 0 Å². The highest BCUT2D eigenvalue weighted by atomic mass is 16.5. The SMILES string of the molecule is CCCCCC1(CNCCOC)CCCC1. The molecule has 1 rings (SSSR count). The maximum atomic E-state index is 5.08. The normalized spacial score (nSPS) is 19.1. The molecule has 1 N–H and O–H groups in total. The van der Waals surface area contributed by atoms with Crippen LogP contribution in [0.2, 0.25) is 0 Å². The third-order valence-electron chi connectivity index (χ3n) is 3.96. The lowest BCUT2D eigenvalue weighted by Gasteiger charge is -2.29. The number of hydrogen-bond donors (Lipinski definition) is 1. The van der Waals surface area contributed by atoms with E-state index in [1.54, 1.807) is 7.11 Å². The zero-order chi connectivity index (χ0) is 11.7. The van der Waals surface area contributed by atoms with Crippen LogP contribution in [0.1, 0.15) is 58.3 Å². The van der Waals surface area contributed by atoms with Crippen LogP contribution < -0.4 is 5.32 Å². The van der Waals surface area contributed by atoms with E-state index in [2.05, 4.69) is 12.2 Å². The smallest absolute Gasteiger partial charge is 0.0587 e. The van der Waals surface area contributed by atoms with Gasteiger partial charge in [-0.15, -0.1) is 0 Å². The summed E-state index contributed by atoms with van der Waals surface area (Å²) in [7, 11) is 1.77. The van der Waals surface area contributed by atoms with Gasteiger partial charge in [-0.25, -0.2) is 0 Å². The lowest BCUT2D eigenvalue weighted by Crippen LogP contribution is -2.33. The quantitative estimate of drug-likeness (QED) is 0.610. The summed E-state index contributed by atoms with van der Waals surface area (Å²) in [6, 6.07) is 0. The Morgan fingerprint density at radius 1 is 1.19 bits per heavy atom. The molecular formula is C14H29NO. The minimum atomic E-state index is 0.628. The first-order valence-corrected chi connectivity index (χ1v) is 7.03. The van der Waals surface area contributed by atoms with E-state index in [9.17, 15) is 0 Å². The Labute approximate surface area is 101 Å². The number of unbranched alkanes of at least 4 members (excludes halogenated alkanes) is 2. The molecule has 0 aromatic rings. The molecule has 0 radical (unpaired) electrons. The lowest BCUT2D eigenvalue weighted by atomic mass is 9.81. The highest BCUT2D eigenvalue weighted by Gasteiger charge is 2.32. The number of rotatable bonds is 9. The summed E-state index contributed by atoms with van der Waals surface area (Å²) in [6.07, 6.45) is 11.4. The van der Waals surface area contributed by atoms with Crippen molar-refractivity contribution in [2.45, 2.75) is 58.3 Å². The third kappa shape index (κ3) is 4.84. The van der Waals surface area contributed by atoms with Gasteiger partial charge in [0.25, 0.3) is 0 Å². The van der Waals surface area contributed by atoms with Gasteiger partial charge in [-0.3, -0.25) is 0 Å². The van der Waals surface area contributed by atoms with Gasteiger partial charge in [0.05, 0.1) is 6.61 Å². The van der Waals surface area contributed by atoms with Gasteiger partial charge in [-0.05, 0) is 24.7 Å². The fourth-order valence-corrected chi connectivity index (χ4v) is 2.92. The van der Waals surface area contributed by atoms with E-state index in [0.29, 0.717) is 5.41 Å². The van der Waals surface area contributed by atoms with Crippen LogP contribution in [0.25, 0.3) is 0 Å². The molecule has 1 aliphatic rings. The predicted octanol–water partition coefficient (Wildman–Crippen LogP) is 3.36. The summed E-state index contributed by atoms with van der Waals surface area (Å²) in [5.41, 5.74) is 0.628. The van der Waals surface area contributed by atoms with E-state index in [0.717, 1.165) is 13.2 Å². The van der Waals surface area contributed by atoms with E-state index in [4.69, 9.17) is 4.74 Å². The van der Waals surface area contributed by atoms with Crippen LogP contribution in [0.3, 0.4) is 0 Å². The molecule has 2 nitrogen and oxygen atoms in total. The van der Waals surface area contributed by atoms with Crippen molar-refractivity contribution >= 4 is 0 Å². The van der Waals surface area contributed by atoms with Crippen molar-refractivity contribution in [1.82, 2.24) is 5.32 Å². The third-order valence-corrected chi connectivity index (χ3v) is 3.96. The second-order valence-corrected chi connectivity index (χ2v) is 5.33. The fourth-order valence-electron chi connectivity index (χ4n) is 2.92. The van der Waals surface area contributed by atoms with Gasteiger partial charge < -0.3 is 10.1 Å². The highest BCUT2D eigenvalue weighted by molar-refractivity contribution is 4.86. The van der Waals surface area contributed by atoms with Crippen LogP contribution in [0.5, 0.6) is 0 Å². The average molecular weight is 227 g/mol. The topological polar surface area (TPSA) is 21.3 Å². The first kappa shape index (κ1) is 14.0. The molecule has 0 heterocycles. The first-order chi connectivity index (χ1) is 7.83. The van der Waals surface area contributed by atoms with Crippen LogP contribution in [0.4, 0.5) is 0 Å². The molecule has 0 spiro atoms. The van der Waals surface area contributed by atoms with Crippen LogP contribution >= 0.6 is 0 Å². The molecule has 0 unspecified atom stereocenters. The minimum Gasteiger partial charge on any atom is -0.383 e. The van der Waals surface area contributed by atoms with E-state index >= 15 is 0 Å². The Balaban J connectivity index is 2.22. The van der Waals surface area contributed by atoms with Crippen molar-refractivity contribution in [3.05, 3.63) is 0 Å². The van der Waals surface area contributed by atoms with E-state index in [1.165, 1.54) is 57.9 Å². The zero-order valence-electron chi connectivity index (χ0n) is 11.2. The molecule has 96 valence electrons. The lowest BCUT2D eigenvalue weighted by molar-refractivity contribution is 0.186. The van der Waals surface area contributed by atoms with E-state index in [1.807, 2.05) is 0 Å². The molecule has 1 saturated carbocycles. The Morgan fingerprint density at radius 3 is 2.56 bits per heavy atom. The first-order valence-electron chi connectivity index (χ1n) is 7.03. The van der Waals surface area contributed by atoms with Gasteiger partial charge in [0.2, 0.25) is 0 Å². The molecule has 1 fully saturated rings. The van der Waals surface area contributed by atoms with Crippen molar-refractivity contribution in [2.24, 2.45) is 5.41 Å². The van der Waals surface area contributed by atoms with Crippen LogP contribution in [-0.2, 0) is 4.74 Å². The van der Waals surface area contributed by atoms with Crippen molar-refractivity contribution in [3.8, 4) is 0 Å². The summed E-state index contributed by atoms with van der Waals surface area (Å²) in [5.74, 6) is 0. The minimum absolute atomic E-state index is 0.628. The van der Waals surface area contributed by atoms with Gasteiger partial charge in [-0.2, -0.15) is 0 Å². The Morgan fingerprint density at radius 2 is 1.94 bits per heavy atom. The summed E-state index contributed by atoms with van der Waals surface area (Å²) in [5, 5.41) is 3.57. The molecule has 0 atom stereocenters. The molecule has 0 bridgehead atoms.